The molecule has 5 nitrogen and oxygen atoms in total. The number of rotatable bonds is 2. The summed E-state index contributed by atoms with van der Waals surface area (Å²) in [5.74, 6) is 0.355. The van der Waals surface area contributed by atoms with Crippen LogP contribution in [0.25, 0.3) is 10.8 Å². The third kappa shape index (κ3) is 2.77. The summed E-state index contributed by atoms with van der Waals surface area (Å²) in [5.41, 5.74) is -0.143. The molecule has 1 spiro atoms. The minimum Gasteiger partial charge on any atom is -0.496 e. The lowest BCUT2D eigenvalue weighted by Gasteiger charge is -2.53. The molecule has 1 aliphatic heterocycles. The van der Waals surface area contributed by atoms with E-state index < -0.39 is 5.41 Å². The number of Topliss-reactive ketones (excluding diaryl/α,β-unsaturated/α-hetero) is 1. The van der Waals surface area contributed by atoms with E-state index in [0.29, 0.717) is 30.8 Å². The van der Waals surface area contributed by atoms with E-state index in [4.69, 9.17) is 4.74 Å². The van der Waals surface area contributed by atoms with E-state index in [1.54, 1.807) is 18.1 Å². The van der Waals surface area contributed by atoms with Gasteiger partial charge in [0.25, 0.3) is 5.91 Å². The van der Waals surface area contributed by atoms with Gasteiger partial charge in [-0.05, 0) is 29.3 Å². The molecule has 1 heterocycles. The Morgan fingerprint density at radius 2 is 1.82 bits per heavy atom. The molecule has 28 heavy (non-hydrogen) atoms. The lowest BCUT2D eigenvalue weighted by atomic mass is 9.61. The zero-order valence-electron chi connectivity index (χ0n) is 16.3. The third-order valence-electron chi connectivity index (χ3n) is 5.82. The fourth-order valence-corrected chi connectivity index (χ4v) is 4.62. The van der Waals surface area contributed by atoms with Crippen molar-refractivity contribution in [1.29, 1.82) is 5.26 Å². The lowest BCUT2D eigenvalue weighted by Crippen LogP contribution is -2.60. The molecule has 142 valence electrons. The molecule has 5 heteroatoms. The van der Waals surface area contributed by atoms with Gasteiger partial charge >= 0.3 is 0 Å². The Hall–Kier alpha value is -3.13. The summed E-state index contributed by atoms with van der Waals surface area (Å²) in [6, 6.07) is 13.6. The van der Waals surface area contributed by atoms with Crippen molar-refractivity contribution in [2.45, 2.75) is 20.3 Å². The zero-order valence-corrected chi connectivity index (χ0v) is 16.3. The molecule has 2 aliphatic rings. The highest BCUT2D eigenvalue weighted by Gasteiger charge is 2.52. The average molecular weight is 374 g/mol. The predicted molar refractivity (Wildman–Crippen MR) is 106 cm³/mol. The molecule has 1 fully saturated rings. The first kappa shape index (κ1) is 18.2. The monoisotopic (exact) mass is 374 g/mol. The van der Waals surface area contributed by atoms with Crippen LogP contribution in [0, 0.1) is 22.2 Å². The quantitative estimate of drug-likeness (QED) is 0.803. The zero-order chi connectivity index (χ0) is 20.1. The smallest absolute Gasteiger partial charge is 0.257 e. The Morgan fingerprint density at radius 3 is 2.43 bits per heavy atom. The minimum atomic E-state index is -0.588. The van der Waals surface area contributed by atoms with Crippen LogP contribution in [-0.4, -0.2) is 36.8 Å². The van der Waals surface area contributed by atoms with Gasteiger partial charge in [0.15, 0.2) is 5.78 Å². The molecule has 0 atom stereocenters. The fourth-order valence-electron chi connectivity index (χ4n) is 4.62. The molecule has 4 rings (SSSR count). The van der Waals surface area contributed by atoms with Gasteiger partial charge in [0.05, 0.1) is 18.2 Å². The van der Waals surface area contributed by atoms with Crippen molar-refractivity contribution >= 4 is 22.5 Å². The second-order valence-corrected chi connectivity index (χ2v) is 8.48. The van der Waals surface area contributed by atoms with E-state index in [9.17, 15) is 14.9 Å². The highest BCUT2D eigenvalue weighted by Crippen LogP contribution is 2.48. The van der Waals surface area contributed by atoms with Gasteiger partial charge in [-0.2, -0.15) is 5.26 Å². The Morgan fingerprint density at radius 1 is 1.18 bits per heavy atom. The molecule has 0 unspecified atom stereocenters. The van der Waals surface area contributed by atoms with Crippen LogP contribution >= 0.6 is 0 Å². The Balaban J connectivity index is 1.63. The Kier molecular flexibility index (Phi) is 4.04. The maximum atomic E-state index is 13.1. The summed E-state index contributed by atoms with van der Waals surface area (Å²) in [6.07, 6.45) is 2.42. The van der Waals surface area contributed by atoms with E-state index in [2.05, 4.69) is 0 Å². The molecule has 0 N–H and O–H groups in total. The fraction of sp³-hybridized carbons (Fsp3) is 0.348. The van der Waals surface area contributed by atoms with Crippen LogP contribution in [0.15, 0.2) is 48.0 Å². The number of allylic oxidation sites excluding steroid dienone is 1. The van der Waals surface area contributed by atoms with Gasteiger partial charge in [-0.25, -0.2) is 0 Å². The van der Waals surface area contributed by atoms with Crippen LogP contribution in [0.3, 0.4) is 0 Å². The molecule has 0 aromatic heterocycles. The number of amides is 1. The molecule has 1 saturated heterocycles. The Labute approximate surface area is 164 Å². The minimum absolute atomic E-state index is 0.0881. The molecule has 0 radical (unpaired) electrons. The number of likely N-dealkylation sites (tertiary alicyclic amines) is 1. The number of fused-ring (bicyclic) bond motifs is 1. The standard InChI is InChI=1S/C23H22N2O3/c1-22(2)12-23(10-17(11-24)20(22)26)13-25(14-23)21(27)18-8-15-6-4-5-7-16(15)9-19(18)28-3/h4-10H,12-14H2,1-3H3. The van der Waals surface area contributed by atoms with Gasteiger partial charge in [-0.3, -0.25) is 9.59 Å². The molecular formula is C23H22N2O3. The summed E-state index contributed by atoms with van der Waals surface area (Å²) in [6.45, 7) is 4.75. The number of nitriles is 1. The Bertz CT molecular complexity index is 1070. The number of nitrogens with zero attached hydrogens (tertiary/aromatic N) is 2. The van der Waals surface area contributed by atoms with E-state index in [1.807, 2.05) is 56.3 Å². The maximum Gasteiger partial charge on any atom is 0.257 e. The highest BCUT2D eigenvalue weighted by molar-refractivity contribution is 6.04. The van der Waals surface area contributed by atoms with E-state index in [-0.39, 0.29) is 22.7 Å². The van der Waals surface area contributed by atoms with Crippen LogP contribution in [-0.2, 0) is 4.79 Å². The number of hydrogen-bond donors (Lipinski definition) is 0. The third-order valence-corrected chi connectivity index (χ3v) is 5.82. The van der Waals surface area contributed by atoms with Gasteiger partial charge in [0.2, 0.25) is 0 Å². The highest BCUT2D eigenvalue weighted by atomic mass is 16.5. The topological polar surface area (TPSA) is 70.4 Å². The summed E-state index contributed by atoms with van der Waals surface area (Å²) in [7, 11) is 1.57. The van der Waals surface area contributed by atoms with Crippen molar-refractivity contribution < 1.29 is 14.3 Å². The van der Waals surface area contributed by atoms with Crippen LogP contribution in [0.5, 0.6) is 5.75 Å². The molecular weight excluding hydrogens is 352 g/mol. The summed E-state index contributed by atoms with van der Waals surface area (Å²) in [4.78, 5) is 27.3. The van der Waals surface area contributed by atoms with Crippen molar-refractivity contribution in [1.82, 2.24) is 4.90 Å². The first-order valence-electron chi connectivity index (χ1n) is 9.32. The predicted octanol–water partition coefficient (Wildman–Crippen LogP) is 3.74. The molecule has 2 aromatic carbocycles. The molecule has 1 amide bonds. The maximum absolute atomic E-state index is 13.1. The normalized spacial score (nSPS) is 19.7. The van der Waals surface area contributed by atoms with E-state index in [1.165, 1.54) is 0 Å². The van der Waals surface area contributed by atoms with E-state index in [0.717, 1.165) is 10.8 Å². The number of carbonyl (C=O) groups excluding carboxylic acids is 2. The second kappa shape index (κ2) is 6.20. The summed E-state index contributed by atoms with van der Waals surface area (Å²) < 4.78 is 5.46. The molecule has 1 aliphatic carbocycles. The van der Waals surface area contributed by atoms with Crippen molar-refractivity contribution in [2.24, 2.45) is 10.8 Å². The van der Waals surface area contributed by atoms with Crippen molar-refractivity contribution in [2.75, 3.05) is 20.2 Å². The number of ketones is 1. The van der Waals surface area contributed by atoms with Crippen LogP contribution in [0.1, 0.15) is 30.6 Å². The summed E-state index contributed by atoms with van der Waals surface area (Å²) >= 11 is 0. The number of carbonyl (C=O) groups is 2. The van der Waals surface area contributed by atoms with Gasteiger partial charge in [-0.15, -0.1) is 0 Å². The number of hydrogen-bond acceptors (Lipinski definition) is 4. The van der Waals surface area contributed by atoms with E-state index >= 15 is 0 Å². The second-order valence-electron chi connectivity index (χ2n) is 8.48. The van der Waals surface area contributed by atoms with Gasteiger partial charge < -0.3 is 9.64 Å². The van der Waals surface area contributed by atoms with Crippen molar-refractivity contribution in [3.63, 3.8) is 0 Å². The van der Waals surface area contributed by atoms with Gasteiger partial charge in [0, 0.05) is 23.9 Å². The SMILES string of the molecule is COc1cc2ccccc2cc1C(=O)N1CC2(C=C(C#N)C(=O)C(C)(C)C2)C1. The molecule has 0 saturated carbocycles. The summed E-state index contributed by atoms with van der Waals surface area (Å²) in [5, 5.41) is 11.3. The van der Waals surface area contributed by atoms with Crippen LogP contribution in [0.2, 0.25) is 0 Å². The van der Waals surface area contributed by atoms with Crippen molar-refractivity contribution in [3.8, 4) is 11.8 Å². The first-order chi connectivity index (χ1) is 13.3. The van der Waals surface area contributed by atoms with Crippen LogP contribution in [0.4, 0.5) is 0 Å². The van der Waals surface area contributed by atoms with Gasteiger partial charge in [-0.1, -0.05) is 44.2 Å². The number of benzene rings is 2. The molecule has 0 bridgehead atoms. The van der Waals surface area contributed by atoms with Crippen molar-refractivity contribution in [3.05, 3.63) is 53.6 Å². The number of ether oxygens (including phenoxy) is 1. The average Bonchev–Trinajstić information content (AvgIpc) is 2.66. The largest absolute Gasteiger partial charge is 0.496 e. The van der Waals surface area contributed by atoms with Crippen LogP contribution < -0.4 is 4.74 Å². The van der Waals surface area contributed by atoms with Gasteiger partial charge in [0.1, 0.15) is 11.8 Å². The molecule has 2 aromatic rings. The lowest BCUT2D eigenvalue weighted by molar-refractivity contribution is -0.127. The number of methoxy groups -OCH3 is 1. The first-order valence-corrected chi connectivity index (χ1v) is 9.32.